The van der Waals surface area contributed by atoms with Gasteiger partial charge < -0.3 is 41.9 Å². The van der Waals surface area contributed by atoms with Crippen LogP contribution >= 0.6 is 0 Å². The Morgan fingerprint density at radius 3 is 2.13 bits per heavy atom. The smallest absolute Gasteiger partial charge is 0.429 e. The van der Waals surface area contributed by atoms with E-state index in [2.05, 4.69) is 16.0 Å². The summed E-state index contributed by atoms with van der Waals surface area (Å²) in [6.07, 6.45) is 5.87. The molecule has 298 valence electrons. The number of nitrogens with two attached hydrogens (primary N) is 3. The van der Waals surface area contributed by atoms with Crippen molar-refractivity contribution in [2.75, 3.05) is 25.0 Å². The van der Waals surface area contributed by atoms with Gasteiger partial charge in [0.05, 0.1) is 11.0 Å². The zero-order chi connectivity index (χ0) is 40.9. The molecule has 2 aromatic carbocycles. The van der Waals surface area contributed by atoms with Crippen LogP contribution in [0.3, 0.4) is 0 Å². The lowest BCUT2D eigenvalue weighted by Crippen LogP contribution is -2.44. The van der Waals surface area contributed by atoms with Crippen molar-refractivity contribution in [2.24, 2.45) is 23.2 Å². The number of nitro benzene ring substituents is 1. The molecule has 0 saturated carbocycles. The Balaban J connectivity index is 0.00000136. The number of urea groups is 1. The number of nitrogens with zero attached hydrogens (tertiary/aromatic N) is 3. The molecular weight excluding hydrogens is 718 g/mol. The summed E-state index contributed by atoms with van der Waals surface area (Å²) in [7, 11) is 0. The fourth-order valence-corrected chi connectivity index (χ4v) is 4.78. The predicted molar refractivity (Wildman–Crippen MR) is 201 cm³/mol. The molecule has 1 unspecified atom stereocenters. The molecule has 19 nitrogen and oxygen atoms in total. The SMILES string of the molecule is CC(C)C(NC(=O)CCCCCN1C(=O)C=CC1=O)/C(N)=C/N(N)CC(=O)Nc1ccc(COC(=O)Oc2ccc([N+](=O)[O-])cc2)cc1.CCCNC(N)=O. The third-order valence-electron chi connectivity index (χ3n) is 7.56. The molecule has 2 aromatic rings. The van der Waals surface area contributed by atoms with Crippen molar-refractivity contribution in [3.8, 4) is 5.75 Å². The highest BCUT2D eigenvalue weighted by Crippen LogP contribution is 2.18. The molecular formula is C36H49N9O10. The maximum Gasteiger partial charge on any atom is 0.514 e. The first-order valence-corrected chi connectivity index (χ1v) is 17.4. The fourth-order valence-electron chi connectivity index (χ4n) is 4.78. The Bertz CT molecular complexity index is 1680. The minimum atomic E-state index is -0.989. The van der Waals surface area contributed by atoms with Gasteiger partial charge in [0.15, 0.2) is 0 Å². The zero-order valence-corrected chi connectivity index (χ0v) is 31.0. The molecule has 0 spiro atoms. The Morgan fingerprint density at radius 2 is 1.58 bits per heavy atom. The lowest BCUT2D eigenvalue weighted by molar-refractivity contribution is -0.384. The van der Waals surface area contributed by atoms with Gasteiger partial charge >= 0.3 is 12.2 Å². The van der Waals surface area contributed by atoms with Crippen LogP contribution in [0.15, 0.2) is 72.6 Å². The van der Waals surface area contributed by atoms with Gasteiger partial charge in [-0.1, -0.05) is 39.3 Å². The highest BCUT2D eigenvalue weighted by Gasteiger charge is 2.23. The summed E-state index contributed by atoms with van der Waals surface area (Å²) in [5, 5.41) is 19.9. The summed E-state index contributed by atoms with van der Waals surface area (Å²) in [6.45, 7) is 6.36. The van der Waals surface area contributed by atoms with Crippen LogP contribution in [0.5, 0.6) is 5.75 Å². The van der Waals surface area contributed by atoms with Crippen LogP contribution in [0.2, 0.25) is 0 Å². The molecule has 55 heavy (non-hydrogen) atoms. The lowest BCUT2D eigenvalue weighted by atomic mass is 10.0. The van der Waals surface area contributed by atoms with E-state index >= 15 is 0 Å². The van der Waals surface area contributed by atoms with E-state index in [-0.39, 0.29) is 60.3 Å². The Labute approximate surface area is 318 Å². The van der Waals surface area contributed by atoms with E-state index in [1.54, 1.807) is 24.3 Å². The molecule has 0 radical (unpaired) electrons. The van der Waals surface area contributed by atoms with E-state index in [0.29, 0.717) is 43.6 Å². The molecule has 0 bridgehead atoms. The molecule has 1 aliphatic heterocycles. The minimum Gasteiger partial charge on any atom is -0.429 e. The summed E-state index contributed by atoms with van der Waals surface area (Å²) in [4.78, 5) is 81.5. The van der Waals surface area contributed by atoms with Gasteiger partial charge in [0.25, 0.3) is 17.5 Å². The van der Waals surface area contributed by atoms with Gasteiger partial charge in [-0.05, 0) is 55.0 Å². The van der Waals surface area contributed by atoms with Crippen LogP contribution in [-0.2, 0) is 30.5 Å². The number of benzene rings is 2. The van der Waals surface area contributed by atoms with Crippen molar-refractivity contribution in [3.63, 3.8) is 0 Å². The number of anilines is 1. The highest BCUT2D eigenvalue weighted by molar-refractivity contribution is 6.12. The zero-order valence-electron chi connectivity index (χ0n) is 31.0. The second-order valence-electron chi connectivity index (χ2n) is 12.5. The number of nitro groups is 1. The number of unbranched alkanes of at least 4 members (excludes halogenated alkanes) is 2. The summed E-state index contributed by atoms with van der Waals surface area (Å²) >= 11 is 0. The van der Waals surface area contributed by atoms with Crippen LogP contribution in [0.1, 0.15) is 58.4 Å². The molecule has 0 fully saturated rings. The third kappa shape index (κ3) is 17.3. The molecule has 1 atom stereocenters. The molecule has 19 heteroatoms. The molecule has 0 saturated heterocycles. The van der Waals surface area contributed by atoms with Crippen LogP contribution in [0.4, 0.5) is 21.0 Å². The molecule has 3 rings (SSSR count). The molecule has 0 aliphatic carbocycles. The molecule has 1 heterocycles. The molecule has 6 amide bonds. The van der Waals surface area contributed by atoms with Crippen LogP contribution in [0, 0.1) is 16.0 Å². The largest absolute Gasteiger partial charge is 0.514 e. The van der Waals surface area contributed by atoms with Crippen molar-refractivity contribution < 1.29 is 43.2 Å². The number of carbonyl (C=O) groups is 6. The van der Waals surface area contributed by atoms with Crippen molar-refractivity contribution in [1.29, 1.82) is 0 Å². The van der Waals surface area contributed by atoms with E-state index in [1.807, 2.05) is 20.8 Å². The Hall–Kier alpha value is -6.50. The Morgan fingerprint density at radius 1 is 0.945 bits per heavy atom. The van der Waals surface area contributed by atoms with E-state index in [4.69, 9.17) is 26.8 Å². The second-order valence-corrected chi connectivity index (χ2v) is 12.5. The Kier molecular flexibility index (Phi) is 18.9. The normalized spacial score (nSPS) is 12.7. The van der Waals surface area contributed by atoms with Gasteiger partial charge in [0.1, 0.15) is 18.9 Å². The molecule has 0 aromatic heterocycles. The summed E-state index contributed by atoms with van der Waals surface area (Å²) in [5.74, 6) is 4.73. The number of rotatable bonds is 19. The van der Waals surface area contributed by atoms with Gasteiger partial charge in [0, 0.05) is 61.4 Å². The number of ether oxygens (including phenoxy) is 2. The van der Waals surface area contributed by atoms with E-state index in [9.17, 15) is 38.9 Å². The van der Waals surface area contributed by atoms with E-state index < -0.39 is 29.1 Å². The number of non-ortho nitro benzene ring substituents is 1. The summed E-state index contributed by atoms with van der Waals surface area (Å²) in [5.41, 5.74) is 12.2. The number of hydrazine groups is 1. The molecule has 9 N–H and O–H groups in total. The average molecular weight is 768 g/mol. The second kappa shape index (κ2) is 23.2. The quantitative estimate of drug-likeness (QED) is 0.0228. The van der Waals surface area contributed by atoms with Crippen molar-refractivity contribution in [1.82, 2.24) is 20.5 Å². The topological polar surface area (TPSA) is 285 Å². The van der Waals surface area contributed by atoms with E-state index in [1.165, 1.54) is 47.5 Å². The number of amides is 6. The standard InChI is InChI=1S/C32H39N7O9.C4H10N2O/c1-21(2)31(36-27(40)6-4-3-5-17-38-29(42)15-16-30(38)43)26(33)18-37(34)19-28(41)35-23-9-7-22(8-10-23)20-47-32(44)48-25-13-11-24(12-14-25)39(45)46;1-2-3-6-4(5)7/h7-16,18,21,31H,3-6,17,19-20,33-34H2,1-2H3,(H,35,41)(H,36,40);2-3H2,1H3,(H3,5,6,7)/b26-18-;. The number of hydrogen-bond acceptors (Lipinski definition) is 13. The number of nitrogens with one attached hydrogen (secondary N) is 3. The summed E-state index contributed by atoms with van der Waals surface area (Å²) in [6, 6.07) is 10.5. The maximum atomic E-state index is 12.6. The summed E-state index contributed by atoms with van der Waals surface area (Å²) < 4.78 is 10.0. The number of hydrogen-bond donors (Lipinski definition) is 6. The fraction of sp³-hybridized carbons (Fsp3) is 0.389. The highest BCUT2D eigenvalue weighted by atomic mass is 16.7. The first-order chi connectivity index (χ1) is 26.1. The van der Waals surface area contributed by atoms with Crippen molar-refractivity contribution >= 4 is 47.2 Å². The van der Waals surface area contributed by atoms with Crippen LogP contribution in [-0.4, -0.2) is 76.3 Å². The van der Waals surface area contributed by atoms with Gasteiger partial charge in [-0.15, -0.1) is 0 Å². The van der Waals surface area contributed by atoms with Crippen LogP contribution in [0.25, 0.3) is 0 Å². The monoisotopic (exact) mass is 767 g/mol. The first-order valence-electron chi connectivity index (χ1n) is 17.4. The maximum absolute atomic E-state index is 12.6. The third-order valence-corrected chi connectivity index (χ3v) is 7.56. The molecule has 1 aliphatic rings. The first kappa shape index (κ1) is 44.7. The van der Waals surface area contributed by atoms with Gasteiger partial charge in [-0.3, -0.25) is 34.2 Å². The van der Waals surface area contributed by atoms with Gasteiger partial charge in [-0.2, -0.15) is 0 Å². The van der Waals surface area contributed by atoms with Crippen molar-refractivity contribution in [2.45, 2.75) is 65.5 Å². The average Bonchev–Trinajstić information content (AvgIpc) is 3.45. The number of carbonyl (C=O) groups excluding carboxylic acids is 6. The predicted octanol–water partition coefficient (Wildman–Crippen LogP) is 2.92. The van der Waals surface area contributed by atoms with Gasteiger partial charge in [0.2, 0.25) is 11.8 Å². The lowest BCUT2D eigenvalue weighted by Gasteiger charge is -2.25. The van der Waals surface area contributed by atoms with Crippen LogP contribution < -0.4 is 38.0 Å². The van der Waals surface area contributed by atoms with Gasteiger partial charge in [-0.25, -0.2) is 15.4 Å². The number of imide groups is 1. The van der Waals surface area contributed by atoms with E-state index in [0.717, 1.165) is 11.4 Å². The minimum absolute atomic E-state index is 0.0706. The van der Waals surface area contributed by atoms with Crippen molar-refractivity contribution in [3.05, 3.63) is 88.3 Å². The number of primary amides is 1.